The van der Waals surface area contributed by atoms with E-state index in [9.17, 15) is 4.79 Å². The van der Waals surface area contributed by atoms with E-state index in [1.54, 1.807) is 0 Å². The van der Waals surface area contributed by atoms with Crippen molar-refractivity contribution in [1.82, 2.24) is 20.5 Å². The van der Waals surface area contributed by atoms with Crippen molar-refractivity contribution in [1.29, 1.82) is 0 Å². The van der Waals surface area contributed by atoms with Crippen LogP contribution in [0.3, 0.4) is 0 Å². The molecule has 0 bridgehead atoms. The van der Waals surface area contributed by atoms with Crippen LogP contribution in [-0.2, 0) is 24.4 Å². The molecule has 1 aromatic heterocycles. The Morgan fingerprint density at radius 1 is 1.29 bits per heavy atom. The minimum absolute atomic E-state index is 0.249. The summed E-state index contributed by atoms with van der Waals surface area (Å²) in [5.74, 6) is 2.46. The van der Waals surface area contributed by atoms with E-state index in [0.717, 1.165) is 48.1 Å². The summed E-state index contributed by atoms with van der Waals surface area (Å²) in [7, 11) is 0. The fourth-order valence-corrected chi connectivity index (χ4v) is 3.20. The Bertz CT molecular complexity index is 824. The number of amides is 1. The molecule has 1 saturated heterocycles. The number of nitrogens with zero attached hydrogens (tertiary/aromatic N) is 3. The summed E-state index contributed by atoms with van der Waals surface area (Å²) in [6.45, 7) is 9.22. The first kappa shape index (κ1) is 19.9. The van der Waals surface area contributed by atoms with Crippen molar-refractivity contribution in [3.63, 3.8) is 0 Å². The van der Waals surface area contributed by atoms with E-state index < -0.39 is 0 Å². The first-order valence-corrected chi connectivity index (χ1v) is 9.86. The number of likely N-dealkylation sites (tertiary alicyclic amines) is 1. The number of nitrogens with one attached hydrogen (secondary N) is 2. The van der Waals surface area contributed by atoms with Crippen LogP contribution in [0.25, 0.3) is 0 Å². The Balaban J connectivity index is 1.60. The van der Waals surface area contributed by atoms with E-state index in [1.807, 2.05) is 31.7 Å². The van der Waals surface area contributed by atoms with Crippen molar-refractivity contribution in [2.75, 3.05) is 13.1 Å². The molecule has 28 heavy (non-hydrogen) atoms. The average Bonchev–Trinajstić information content (AvgIpc) is 3.23. The molecule has 0 atom stereocenters. The summed E-state index contributed by atoms with van der Waals surface area (Å²) in [4.78, 5) is 22.8. The molecule has 150 valence electrons. The largest absolute Gasteiger partial charge is 0.444 e. The smallest absolute Gasteiger partial charge is 0.222 e. The van der Waals surface area contributed by atoms with Gasteiger partial charge in [-0.15, -0.1) is 0 Å². The minimum atomic E-state index is 0.249. The third-order valence-electron chi connectivity index (χ3n) is 4.78. The maximum atomic E-state index is 11.8. The molecule has 1 aliphatic rings. The summed E-state index contributed by atoms with van der Waals surface area (Å²) < 4.78 is 5.60. The van der Waals surface area contributed by atoms with Gasteiger partial charge in [0.05, 0.1) is 18.8 Å². The Morgan fingerprint density at radius 2 is 2.11 bits per heavy atom. The number of carbonyl (C=O) groups is 1. The second-order valence-corrected chi connectivity index (χ2v) is 7.04. The zero-order valence-electron chi connectivity index (χ0n) is 16.9. The quantitative estimate of drug-likeness (QED) is 0.567. The topological polar surface area (TPSA) is 82.8 Å². The number of aliphatic imine (C=N–C) groups is 1. The molecule has 2 N–H and O–H groups in total. The summed E-state index contributed by atoms with van der Waals surface area (Å²) in [5.41, 5.74) is 3.17. The number of oxazole rings is 1. The zero-order valence-corrected chi connectivity index (χ0v) is 16.9. The van der Waals surface area contributed by atoms with Crippen LogP contribution in [0, 0.1) is 13.8 Å². The van der Waals surface area contributed by atoms with Crippen molar-refractivity contribution < 1.29 is 9.21 Å². The van der Waals surface area contributed by atoms with Gasteiger partial charge < -0.3 is 20.0 Å². The SMILES string of the molecule is CCNC(=NCc1cccc(CN2CCCC2=O)c1)NCc1nc(C)c(C)o1. The molecular weight excluding hydrogens is 354 g/mol. The molecule has 7 nitrogen and oxygen atoms in total. The van der Waals surface area contributed by atoms with E-state index in [1.165, 1.54) is 0 Å². The van der Waals surface area contributed by atoms with Crippen LogP contribution in [0.2, 0.25) is 0 Å². The molecule has 0 unspecified atom stereocenters. The number of rotatable bonds is 7. The van der Waals surface area contributed by atoms with Crippen molar-refractivity contribution in [3.8, 4) is 0 Å². The molecule has 0 spiro atoms. The van der Waals surface area contributed by atoms with Crippen molar-refractivity contribution in [2.45, 2.75) is 53.2 Å². The van der Waals surface area contributed by atoms with Crippen LogP contribution in [0.4, 0.5) is 0 Å². The molecule has 1 amide bonds. The van der Waals surface area contributed by atoms with Gasteiger partial charge in [0.2, 0.25) is 11.8 Å². The van der Waals surface area contributed by atoms with Gasteiger partial charge in [0.1, 0.15) is 5.76 Å². The monoisotopic (exact) mass is 383 g/mol. The summed E-state index contributed by atoms with van der Waals surface area (Å²) in [6, 6.07) is 8.28. The van der Waals surface area contributed by atoms with Gasteiger partial charge in [-0.05, 0) is 38.3 Å². The standard InChI is InChI=1S/C21H29N5O2/c1-4-22-21(24-13-19-25-15(2)16(3)28-19)23-12-17-7-5-8-18(11-17)14-26-10-6-9-20(26)27/h5,7-8,11H,4,6,9-10,12-14H2,1-3H3,(H2,22,23,24). The number of guanidine groups is 1. The molecule has 2 heterocycles. The van der Waals surface area contributed by atoms with Gasteiger partial charge in [-0.3, -0.25) is 4.79 Å². The number of aryl methyl sites for hydroxylation is 2. The summed E-state index contributed by atoms with van der Waals surface area (Å²) in [5, 5.41) is 6.50. The van der Waals surface area contributed by atoms with Gasteiger partial charge in [0, 0.05) is 26.1 Å². The molecule has 2 aromatic rings. The summed E-state index contributed by atoms with van der Waals surface area (Å²) >= 11 is 0. The van der Waals surface area contributed by atoms with Crippen LogP contribution in [0.15, 0.2) is 33.7 Å². The molecule has 1 aliphatic heterocycles. The molecular formula is C21H29N5O2. The molecule has 3 rings (SSSR count). The molecule has 1 aromatic carbocycles. The van der Waals surface area contributed by atoms with Gasteiger partial charge in [0.25, 0.3) is 0 Å². The normalized spacial score (nSPS) is 14.6. The fraction of sp³-hybridized carbons (Fsp3) is 0.476. The van der Waals surface area contributed by atoms with Crippen molar-refractivity contribution >= 4 is 11.9 Å². The van der Waals surface area contributed by atoms with E-state index in [0.29, 0.717) is 31.9 Å². The lowest BCUT2D eigenvalue weighted by atomic mass is 10.1. The first-order chi connectivity index (χ1) is 13.5. The van der Waals surface area contributed by atoms with E-state index >= 15 is 0 Å². The molecule has 0 aliphatic carbocycles. The highest BCUT2D eigenvalue weighted by Gasteiger charge is 2.19. The van der Waals surface area contributed by atoms with Crippen LogP contribution in [0.1, 0.15) is 48.2 Å². The summed E-state index contributed by atoms with van der Waals surface area (Å²) in [6.07, 6.45) is 1.63. The highest BCUT2D eigenvalue weighted by molar-refractivity contribution is 5.79. The second-order valence-electron chi connectivity index (χ2n) is 7.04. The third kappa shape index (κ3) is 5.34. The van der Waals surface area contributed by atoms with Gasteiger partial charge in [-0.25, -0.2) is 9.98 Å². The van der Waals surface area contributed by atoms with Gasteiger partial charge in [0.15, 0.2) is 5.96 Å². The number of carbonyl (C=O) groups excluding carboxylic acids is 1. The molecule has 0 radical (unpaired) electrons. The Hall–Kier alpha value is -2.83. The zero-order chi connectivity index (χ0) is 19.9. The lowest BCUT2D eigenvalue weighted by Gasteiger charge is -2.16. The molecule has 7 heteroatoms. The van der Waals surface area contributed by atoms with Gasteiger partial charge >= 0.3 is 0 Å². The lowest BCUT2D eigenvalue weighted by Crippen LogP contribution is -2.36. The van der Waals surface area contributed by atoms with Gasteiger partial charge in [-0.2, -0.15) is 0 Å². The highest BCUT2D eigenvalue weighted by atomic mass is 16.4. The first-order valence-electron chi connectivity index (χ1n) is 9.86. The minimum Gasteiger partial charge on any atom is -0.444 e. The maximum absolute atomic E-state index is 11.8. The predicted molar refractivity (Wildman–Crippen MR) is 109 cm³/mol. The molecule has 0 saturated carbocycles. The predicted octanol–water partition coefficient (Wildman–Crippen LogP) is 2.67. The van der Waals surface area contributed by atoms with E-state index in [4.69, 9.17) is 4.42 Å². The average molecular weight is 383 g/mol. The van der Waals surface area contributed by atoms with Crippen LogP contribution in [0.5, 0.6) is 0 Å². The van der Waals surface area contributed by atoms with Crippen molar-refractivity contribution in [3.05, 3.63) is 52.7 Å². The van der Waals surface area contributed by atoms with Crippen LogP contribution in [-0.4, -0.2) is 34.8 Å². The van der Waals surface area contributed by atoms with Crippen LogP contribution < -0.4 is 10.6 Å². The Morgan fingerprint density at radius 3 is 2.79 bits per heavy atom. The Kier molecular flexibility index (Phi) is 6.68. The van der Waals surface area contributed by atoms with E-state index in [2.05, 4.69) is 38.8 Å². The molecule has 1 fully saturated rings. The number of hydrogen-bond donors (Lipinski definition) is 2. The second kappa shape index (κ2) is 9.39. The number of hydrogen-bond acceptors (Lipinski definition) is 4. The number of benzene rings is 1. The van der Waals surface area contributed by atoms with Crippen molar-refractivity contribution in [2.24, 2.45) is 4.99 Å². The maximum Gasteiger partial charge on any atom is 0.222 e. The van der Waals surface area contributed by atoms with Crippen LogP contribution >= 0.6 is 0 Å². The lowest BCUT2D eigenvalue weighted by molar-refractivity contribution is -0.128. The van der Waals surface area contributed by atoms with E-state index in [-0.39, 0.29) is 5.91 Å². The Labute approximate surface area is 166 Å². The highest BCUT2D eigenvalue weighted by Crippen LogP contribution is 2.15. The fourth-order valence-electron chi connectivity index (χ4n) is 3.20. The third-order valence-corrected chi connectivity index (χ3v) is 4.78. The number of aromatic nitrogens is 1. The van der Waals surface area contributed by atoms with Gasteiger partial charge in [-0.1, -0.05) is 24.3 Å².